The van der Waals surface area contributed by atoms with Crippen molar-refractivity contribution in [1.82, 2.24) is 10.2 Å². The SMILES string of the molecule is C=CCN(CCOC)C1CCC1CNC1CC1. The highest BCUT2D eigenvalue weighted by Gasteiger charge is 2.35. The molecule has 3 nitrogen and oxygen atoms in total. The molecule has 2 unspecified atom stereocenters. The Labute approximate surface area is 105 Å². The zero-order valence-corrected chi connectivity index (χ0v) is 11.0. The summed E-state index contributed by atoms with van der Waals surface area (Å²) in [5, 5.41) is 3.66. The van der Waals surface area contributed by atoms with Gasteiger partial charge in [0.1, 0.15) is 0 Å². The van der Waals surface area contributed by atoms with E-state index in [9.17, 15) is 0 Å². The summed E-state index contributed by atoms with van der Waals surface area (Å²) in [6.07, 6.45) is 7.51. The topological polar surface area (TPSA) is 24.5 Å². The first-order valence-electron chi connectivity index (χ1n) is 6.92. The van der Waals surface area contributed by atoms with Crippen molar-refractivity contribution in [2.24, 2.45) is 5.92 Å². The van der Waals surface area contributed by atoms with Crippen LogP contribution in [0.25, 0.3) is 0 Å². The molecule has 0 aromatic heterocycles. The Morgan fingerprint density at radius 2 is 2.18 bits per heavy atom. The van der Waals surface area contributed by atoms with Crippen LogP contribution in [0.15, 0.2) is 12.7 Å². The van der Waals surface area contributed by atoms with E-state index in [0.717, 1.165) is 37.7 Å². The van der Waals surface area contributed by atoms with Gasteiger partial charge in [0.15, 0.2) is 0 Å². The molecular formula is C14H26N2O. The van der Waals surface area contributed by atoms with Crippen molar-refractivity contribution < 1.29 is 4.74 Å². The van der Waals surface area contributed by atoms with Crippen molar-refractivity contribution in [2.45, 2.75) is 37.8 Å². The fraction of sp³-hybridized carbons (Fsp3) is 0.857. The predicted molar refractivity (Wildman–Crippen MR) is 71.2 cm³/mol. The Balaban J connectivity index is 1.73. The van der Waals surface area contributed by atoms with E-state index < -0.39 is 0 Å². The third-order valence-corrected chi connectivity index (χ3v) is 4.04. The molecule has 2 aliphatic carbocycles. The molecule has 3 heteroatoms. The minimum absolute atomic E-state index is 0.745. The van der Waals surface area contributed by atoms with Gasteiger partial charge in [-0.05, 0) is 38.1 Å². The summed E-state index contributed by atoms with van der Waals surface area (Å²) in [6, 6.07) is 1.58. The van der Waals surface area contributed by atoms with Gasteiger partial charge in [-0.1, -0.05) is 6.08 Å². The van der Waals surface area contributed by atoms with E-state index in [1.807, 2.05) is 6.08 Å². The number of nitrogens with zero attached hydrogens (tertiary/aromatic N) is 1. The Morgan fingerprint density at radius 1 is 1.35 bits per heavy atom. The van der Waals surface area contributed by atoms with Crippen LogP contribution in [0.4, 0.5) is 0 Å². The first-order valence-corrected chi connectivity index (χ1v) is 6.92. The van der Waals surface area contributed by atoms with Gasteiger partial charge in [0.2, 0.25) is 0 Å². The molecule has 0 spiro atoms. The summed E-state index contributed by atoms with van der Waals surface area (Å²) >= 11 is 0. The van der Waals surface area contributed by atoms with Gasteiger partial charge in [0.05, 0.1) is 6.61 Å². The number of hydrogen-bond donors (Lipinski definition) is 1. The number of ether oxygens (including phenoxy) is 1. The summed E-state index contributed by atoms with van der Waals surface area (Å²) in [6.45, 7) is 7.92. The summed E-state index contributed by atoms with van der Waals surface area (Å²) in [4.78, 5) is 2.53. The molecule has 2 rings (SSSR count). The highest BCUT2D eigenvalue weighted by Crippen LogP contribution is 2.32. The fourth-order valence-electron chi connectivity index (χ4n) is 2.64. The standard InChI is InChI=1S/C14H26N2O/c1-3-8-16(9-10-17-2)14-7-4-12(14)11-15-13-5-6-13/h3,12-15H,1,4-11H2,2H3. The van der Waals surface area contributed by atoms with Crippen LogP contribution in [0.1, 0.15) is 25.7 Å². The molecule has 0 aromatic carbocycles. The quantitative estimate of drug-likeness (QED) is 0.618. The van der Waals surface area contributed by atoms with Gasteiger partial charge >= 0.3 is 0 Å². The van der Waals surface area contributed by atoms with E-state index in [-0.39, 0.29) is 0 Å². The summed E-state index contributed by atoms with van der Waals surface area (Å²) in [7, 11) is 1.78. The Morgan fingerprint density at radius 3 is 2.71 bits per heavy atom. The molecule has 0 amide bonds. The highest BCUT2D eigenvalue weighted by molar-refractivity contribution is 4.94. The number of methoxy groups -OCH3 is 1. The van der Waals surface area contributed by atoms with Crippen LogP contribution in [-0.4, -0.2) is 50.3 Å². The van der Waals surface area contributed by atoms with Crippen LogP contribution in [0.3, 0.4) is 0 Å². The maximum atomic E-state index is 5.19. The van der Waals surface area contributed by atoms with Crippen molar-refractivity contribution in [2.75, 3.05) is 33.4 Å². The smallest absolute Gasteiger partial charge is 0.0589 e. The second-order valence-electron chi connectivity index (χ2n) is 5.36. The molecule has 0 aromatic rings. The fourth-order valence-corrected chi connectivity index (χ4v) is 2.64. The molecule has 0 heterocycles. The van der Waals surface area contributed by atoms with E-state index in [1.54, 1.807) is 7.11 Å². The lowest BCUT2D eigenvalue weighted by atomic mass is 9.78. The lowest BCUT2D eigenvalue weighted by Crippen LogP contribution is -2.51. The maximum absolute atomic E-state index is 5.19. The van der Waals surface area contributed by atoms with Crippen molar-refractivity contribution in [3.05, 3.63) is 12.7 Å². The molecule has 1 N–H and O–H groups in total. The van der Waals surface area contributed by atoms with Crippen LogP contribution in [-0.2, 0) is 4.74 Å². The summed E-state index contributed by atoms with van der Waals surface area (Å²) < 4.78 is 5.19. The Kier molecular flexibility index (Phi) is 5.01. The van der Waals surface area contributed by atoms with E-state index >= 15 is 0 Å². The van der Waals surface area contributed by atoms with Gasteiger partial charge < -0.3 is 10.1 Å². The summed E-state index contributed by atoms with van der Waals surface area (Å²) in [5.41, 5.74) is 0. The maximum Gasteiger partial charge on any atom is 0.0589 e. The van der Waals surface area contributed by atoms with E-state index in [0.29, 0.717) is 0 Å². The molecule has 17 heavy (non-hydrogen) atoms. The monoisotopic (exact) mass is 238 g/mol. The molecule has 2 aliphatic rings. The second kappa shape index (κ2) is 6.53. The minimum Gasteiger partial charge on any atom is -0.383 e. The normalized spacial score (nSPS) is 28.1. The zero-order chi connectivity index (χ0) is 12.1. The van der Waals surface area contributed by atoms with Gasteiger partial charge in [-0.25, -0.2) is 0 Å². The van der Waals surface area contributed by atoms with E-state index in [4.69, 9.17) is 4.74 Å². The average molecular weight is 238 g/mol. The average Bonchev–Trinajstić information content (AvgIpc) is 3.09. The van der Waals surface area contributed by atoms with Gasteiger partial charge in [-0.15, -0.1) is 6.58 Å². The van der Waals surface area contributed by atoms with Gasteiger partial charge in [-0.2, -0.15) is 0 Å². The molecule has 2 atom stereocenters. The molecule has 0 bridgehead atoms. The third kappa shape index (κ3) is 3.80. The highest BCUT2D eigenvalue weighted by atomic mass is 16.5. The minimum atomic E-state index is 0.745. The molecule has 2 saturated carbocycles. The molecule has 0 aliphatic heterocycles. The van der Waals surface area contributed by atoms with E-state index in [1.165, 1.54) is 32.2 Å². The largest absolute Gasteiger partial charge is 0.383 e. The van der Waals surface area contributed by atoms with Crippen LogP contribution in [0.2, 0.25) is 0 Å². The first-order chi connectivity index (χ1) is 8.35. The Bertz CT molecular complexity index is 240. The van der Waals surface area contributed by atoms with Crippen molar-refractivity contribution in [3.8, 4) is 0 Å². The van der Waals surface area contributed by atoms with Crippen molar-refractivity contribution in [3.63, 3.8) is 0 Å². The molecular weight excluding hydrogens is 212 g/mol. The second-order valence-corrected chi connectivity index (χ2v) is 5.36. The van der Waals surface area contributed by atoms with Gasteiger partial charge in [0, 0.05) is 32.3 Å². The first kappa shape index (κ1) is 13.1. The molecule has 98 valence electrons. The molecule has 0 radical (unpaired) electrons. The van der Waals surface area contributed by atoms with Crippen LogP contribution >= 0.6 is 0 Å². The Hall–Kier alpha value is -0.380. The molecule has 2 fully saturated rings. The molecule has 0 saturated heterocycles. The lowest BCUT2D eigenvalue weighted by molar-refractivity contribution is 0.0483. The zero-order valence-electron chi connectivity index (χ0n) is 11.0. The third-order valence-electron chi connectivity index (χ3n) is 4.04. The van der Waals surface area contributed by atoms with E-state index in [2.05, 4.69) is 16.8 Å². The van der Waals surface area contributed by atoms with Crippen LogP contribution < -0.4 is 5.32 Å². The summed E-state index contributed by atoms with van der Waals surface area (Å²) in [5.74, 6) is 0.840. The van der Waals surface area contributed by atoms with Gasteiger partial charge in [-0.3, -0.25) is 4.90 Å². The van der Waals surface area contributed by atoms with Crippen molar-refractivity contribution >= 4 is 0 Å². The van der Waals surface area contributed by atoms with Gasteiger partial charge in [0.25, 0.3) is 0 Å². The van der Waals surface area contributed by atoms with Crippen LogP contribution in [0.5, 0.6) is 0 Å². The van der Waals surface area contributed by atoms with Crippen LogP contribution in [0, 0.1) is 5.92 Å². The predicted octanol–water partition coefficient (Wildman–Crippen LogP) is 1.65. The number of nitrogens with one attached hydrogen (secondary N) is 1. The lowest BCUT2D eigenvalue weighted by Gasteiger charge is -2.44. The van der Waals surface area contributed by atoms with Crippen molar-refractivity contribution in [1.29, 1.82) is 0 Å². The number of rotatable bonds is 9. The number of hydrogen-bond acceptors (Lipinski definition) is 3.